The Kier molecular flexibility index (Phi) is 7.74. The molecule has 0 N–H and O–H groups in total. The van der Waals surface area contributed by atoms with Crippen LogP contribution in [-0.2, 0) is 0 Å². The summed E-state index contributed by atoms with van der Waals surface area (Å²) in [5.41, 5.74) is 0.333. The maximum Gasteiger partial charge on any atom is 0.00462 e. The first-order chi connectivity index (χ1) is 7.41. The zero-order chi connectivity index (χ0) is 12.6. The summed E-state index contributed by atoms with van der Waals surface area (Å²) in [7, 11) is 2.23. The molecule has 0 aliphatic heterocycles. The van der Waals surface area contributed by atoms with E-state index in [1.54, 1.807) is 0 Å². The molecule has 0 aromatic rings. The Labute approximate surface area is 103 Å². The van der Waals surface area contributed by atoms with Gasteiger partial charge in [0.05, 0.1) is 0 Å². The third-order valence-electron chi connectivity index (χ3n) is 3.30. The van der Waals surface area contributed by atoms with Crippen LogP contribution in [0, 0.1) is 11.3 Å². The van der Waals surface area contributed by atoms with Gasteiger partial charge in [-0.2, -0.15) is 0 Å². The predicted molar refractivity (Wildman–Crippen MR) is 74.8 cm³/mol. The average molecular weight is 225 g/mol. The molecule has 0 aliphatic carbocycles. The molecule has 0 aliphatic rings. The molecule has 1 atom stereocenters. The summed E-state index contributed by atoms with van der Waals surface area (Å²) in [6.45, 7) is 15.5. The lowest BCUT2D eigenvalue weighted by Crippen LogP contribution is -2.32. The third kappa shape index (κ3) is 7.05. The highest BCUT2D eigenvalue weighted by molar-refractivity contribution is 4.89. The van der Waals surface area contributed by atoms with Crippen LogP contribution in [0.25, 0.3) is 0 Å². The smallest absolute Gasteiger partial charge is 0.00462 e. The highest BCUT2D eigenvalue weighted by Gasteiger charge is 2.22. The number of nitrogens with zero attached hydrogens (tertiary/aromatic N) is 1. The molecule has 0 saturated carbocycles. The topological polar surface area (TPSA) is 3.24 Å². The van der Waals surface area contributed by atoms with Crippen LogP contribution in [0.3, 0.4) is 0 Å². The summed E-state index contributed by atoms with van der Waals surface area (Å²) in [4.78, 5) is 2.45. The van der Waals surface area contributed by atoms with E-state index in [2.05, 4.69) is 52.3 Å². The van der Waals surface area contributed by atoms with Crippen molar-refractivity contribution in [2.45, 2.75) is 53.4 Å². The Morgan fingerprint density at radius 3 is 2.25 bits per heavy atom. The van der Waals surface area contributed by atoms with Gasteiger partial charge in [0.25, 0.3) is 0 Å². The lowest BCUT2D eigenvalue weighted by Gasteiger charge is -2.31. The Morgan fingerprint density at radius 1 is 1.19 bits per heavy atom. The maximum absolute atomic E-state index is 3.96. The second kappa shape index (κ2) is 7.89. The largest absolute Gasteiger partial charge is 0.306 e. The van der Waals surface area contributed by atoms with Crippen molar-refractivity contribution in [1.82, 2.24) is 4.90 Å². The molecule has 0 spiro atoms. The molecule has 0 aromatic heterocycles. The van der Waals surface area contributed by atoms with Crippen molar-refractivity contribution < 1.29 is 0 Å². The van der Waals surface area contributed by atoms with Crippen molar-refractivity contribution in [3.63, 3.8) is 0 Å². The number of rotatable bonds is 8. The van der Waals surface area contributed by atoms with Gasteiger partial charge in [0.15, 0.2) is 0 Å². The van der Waals surface area contributed by atoms with E-state index >= 15 is 0 Å². The minimum atomic E-state index is 0.333. The van der Waals surface area contributed by atoms with Gasteiger partial charge in [-0.3, -0.25) is 0 Å². The van der Waals surface area contributed by atoms with Crippen molar-refractivity contribution in [2.75, 3.05) is 20.1 Å². The fraction of sp³-hybridized carbons (Fsp3) is 0.867. The van der Waals surface area contributed by atoms with Gasteiger partial charge in [-0.1, -0.05) is 53.0 Å². The van der Waals surface area contributed by atoms with E-state index in [0.29, 0.717) is 11.3 Å². The normalized spacial score (nSPS) is 14.1. The molecule has 0 aromatic carbocycles. The van der Waals surface area contributed by atoms with Crippen molar-refractivity contribution in [2.24, 2.45) is 11.3 Å². The van der Waals surface area contributed by atoms with Gasteiger partial charge in [-0.15, -0.1) is 6.58 Å². The van der Waals surface area contributed by atoms with Crippen LogP contribution in [0.5, 0.6) is 0 Å². The first kappa shape index (κ1) is 15.7. The summed E-state index contributed by atoms with van der Waals surface area (Å²) in [6, 6.07) is 0. The fourth-order valence-corrected chi connectivity index (χ4v) is 1.94. The average Bonchev–Trinajstić information content (AvgIpc) is 2.19. The van der Waals surface area contributed by atoms with Gasteiger partial charge < -0.3 is 4.90 Å². The molecule has 0 radical (unpaired) electrons. The Hall–Kier alpha value is -0.300. The number of hydrogen-bond donors (Lipinski definition) is 0. The summed E-state index contributed by atoms with van der Waals surface area (Å²) in [5, 5.41) is 0. The summed E-state index contributed by atoms with van der Waals surface area (Å²) < 4.78 is 0. The van der Waals surface area contributed by atoms with E-state index in [4.69, 9.17) is 0 Å². The zero-order valence-corrected chi connectivity index (χ0v) is 12.1. The van der Waals surface area contributed by atoms with Crippen molar-refractivity contribution >= 4 is 0 Å². The van der Waals surface area contributed by atoms with Crippen molar-refractivity contribution in [3.8, 4) is 0 Å². The molecule has 0 heterocycles. The molecule has 96 valence electrons. The lowest BCUT2D eigenvalue weighted by atomic mass is 9.80. The van der Waals surface area contributed by atoms with Crippen LogP contribution in [0.15, 0.2) is 12.7 Å². The van der Waals surface area contributed by atoms with E-state index < -0.39 is 0 Å². The van der Waals surface area contributed by atoms with Crippen LogP contribution >= 0.6 is 0 Å². The Morgan fingerprint density at radius 2 is 1.81 bits per heavy atom. The summed E-state index contributed by atoms with van der Waals surface area (Å²) >= 11 is 0. The van der Waals surface area contributed by atoms with Gasteiger partial charge in [-0.05, 0) is 31.3 Å². The SMILES string of the molecule is C=CC(CN(C)CCCCCC)C(C)(C)C. The van der Waals surface area contributed by atoms with Crippen LogP contribution in [0.4, 0.5) is 0 Å². The van der Waals surface area contributed by atoms with E-state index in [9.17, 15) is 0 Å². The minimum Gasteiger partial charge on any atom is -0.306 e. The molecular weight excluding hydrogens is 194 g/mol. The third-order valence-corrected chi connectivity index (χ3v) is 3.30. The van der Waals surface area contributed by atoms with E-state index in [1.165, 1.54) is 32.2 Å². The predicted octanol–water partition coefficient (Wildman–Crippen LogP) is 4.35. The monoisotopic (exact) mass is 225 g/mol. The molecule has 0 saturated heterocycles. The van der Waals surface area contributed by atoms with Gasteiger partial charge in [0.2, 0.25) is 0 Å². The van der Waals surface area contributed by atoms with Crippen molar-refractivity contribution in [3.05, 3.63) is 12.7 Å². The lowest BCUT2D eigenvalue weighted by molar-refractivity contribution is 0.203. The highest BCUT2D eigenvalue weighted by Crippen LogP contribution is 2.27. The Balaban J connectivity index is 3.84. The molecule has 0 bridgehead atoms. The number of unbranched alkanes of at least 4 members (excludes halogenated alkanes) is 3. The molecule has 0 rings (SSSR count). The summed E-state index contributed by atoms with van der Waals surface area (Å²) in [5.74, 6) is 0.587. The van der Waals surface area contributed by atoms with Gasteiger partial charge in [-0.25, -0.2) is 0 Å². The molecule has 1 nitrogen and oxygen atoms in total. The standard InChI is InChI=1S/C15H31N/c1-7-9-10-11-12-16(6)13-14(8-2)15(3,4)5/h8,14H,2,7,9-13H2,1,3-6H3. The van der Waals surface area contributed by atoms with Gasteiger partial charge in [0, 0.05) is 6.54 Å². The van der Waals surface area contributed by atoms with Gasteiger partial charge in [0.1, 0.15) is 0 Å². The summed E-state index contributed by atoms with van der Waals surface area (Å²) in [6.07, 6.45) is 7.51. The van der Waals surface area contributed by atoms with E-state index in [1.807, 2.05) is 0 Å². The quantitative estimate of drug-likeness (QED) is 0.438. The van der Waals surface area contributed by atoms with Gasteiger partial charge >= 0.3 is 0 Å². The van der Waals surface area contributed by atoms with Crippen LogP contribution < -0.4 is 0 Å². The second-order valence-electron chi connectivity index (χ2n) is 6.03. The Bertz CT molecular complexity index is 178. The van der Waals surface area contributed by atoms with E-state index in [0.717, 1.165) is 6.54 Å². The maximum atomic E-state index is 3.96. The molecule has 1 heteroatoms. The molecule has 0 amide bonds. The highest BCUT2D eigenvalue weighted by atomic mass is 15.1. The van der Waals surface area contributed by atoms with Crippen LogP contribution in [0.1, 0.15) is 53.4 Å². The fourth-order valence-electron chi connectivity index (χ4n) is 1.94. The molecule has 0 fully saturated rings. The van der Waals surface area contributed by atoms with Crippen molar-refractivity contribution in [1.29, 1.82) is 0 Å². The van der Waals surface area contributed by atoms with E-state index in [-0.39, 0.29) is 0 Å². The second-order valence-corrected chi connectivity index (χ2v) is 6.03. The number of hydrogen-bond acceptors (Lipinski definition) is 1. The minimum absolute atomic E-state index is 0.333. The molecular formula is C15H31N. The molecule has 16 heavy (non-hydrogen) atoms. The molecule has 1 unspecified atom stereocenters. The first-order valence-electron chi connectivity index (χ1n) is 6.73. The van der Waals surface area contributed by atoms with Crippen LogP contribution in [0.2, 0.25) is 0 Å². The van der Waals surface area contributed by atoms with Crippen LogP contribution in [-0.4, -0.2) is 25.0 Å². The first-order valence-corrected chi connectivity index (χ1v) is 6.73. The zero-order valence-electron chi connectivity index (χ0n) is 12.1.